The smallest absolute Gasteiger partial charge is 0.277 e. The molecule has 0 fully saturated rings. The highest BCUT2D eigenvalue weighted by Gasteiger charge is 2.14. The first-order valence-electron chi connectivity index (χ1n) is 5.64. The molecule has 0 aromatic heterocycles. The van der Waals surface area contributed by atoms with E-state index in [-0.39, 0.29) is 10.6 Å². The van der Waals surface area contributed by atoms with E-state index in [1.165, 1.54) is 6.07 Å². The topological polar surface area (TPSA) is 52.4 Å². The fourth-order valence-corrected chi connectivity index (χ4v) is 1.92. The lowest BCUT2D eigenvalue weighted by Gasteiger charge is -2.08. The Labute approximate surface area is 110 Å². The predicted molar refractivity (Wildman–Crippen MR) is 74.6 cm³/mol. The Morgan fingerprint density at radius 3 is 2.56 bits per heavy atom. The maximum atomic E-state index is 10.9. The van der Waals surface area contributed by atoms with Crippen molar-refractivity contribution >= 4 is 29.1 Å². The molecule has 0 aliphatic rings. The number of thiol groups is 1. The SMILES string of the molecule is O=[N+]([O-])c1ccc(OCCCS)c2ccccc12. The van der Waals surface area contributed by atoms with Crippen molar-refractivity contribution in [2.45, 2.75) is 6.42 Å². The van der Waals surface area contributed by atoms with Crippen LogP contribution in [-0.4, -0.2) is 17.3 Å². The van der Waals surface area contributed by atoms with Gasteiger partial charge in [0.15, 0.2) is 0 Å². The van der Waals surface area contributed by atoms with E-state index in [0.29, 0.717) is 17.7 Å². The van der Waals surface area contributed by atoms with E-state index in [0.717, 1.165) is 17.6 Å². The monoisotopic (exact) mass is 263 g/mol. The summed E-state index contributed by atoms with van der Waals surface area (Å²) >= 11 is 4.11. The number of nitro benzene ring substituents is 1. The number of ether oxygens (including phenoxy) is 1. The number of fused-ring (bicyclic) bond motifs is 1. The van der Waals surface area contributed by atoms with Crippen LogP contribution >= 0.6 is 12.6 Å². The van der Waals surface area contributed by atoms with Gasteiger partial charge in [-0.1, -0.05) is 18.2 Å². The van der Waals surface area contributed by atoms with Crippen LogP contribution in [-0.2, 0) is 0 Å². The van der Waals surface area contributed by atoms with Gasteiger partial charge in [0.25, 0.3) is 5.69 Å². The molecule has 0 radical (unpaired) electrons. The van der Waals surface area contributed by atoms with Crippen molar-refractivity contribution in [1.82, 2.24) is 0 Å². The molecule has 5 heteroatoms. The second kappa shape index (κ2) is 5.73. The van der Waals surface area contributed by atoms with E-state index in [2.05, 4.69) is 12.6 Å². The molecule has 0 unspecified atom stereocenters. The van der Waals surface area contributed by atoms with Gasteiger partial charge in [0.1, 0.15) is 5.75 Å². The maximum absolute atomic E-state index is 10.9. The summed E-state index contributed by atoms with van der Waals surface area (Å²) in [5.41, 5.74) is 0.104. The first-order valence-corrected chi connectivity index (χ1v) is 6.27. The summed E-state index contributed by atoms with van der Waals surface area (Å²) in [6, 6.07) is 10.3. The summed E-state index contributed by atoms with van der Waals surface area (Å²) in [4.78, 5) is 10.6. The second-order valence-corrected chi connectivity index (χ2v) is 4.26. The lowest BCUT2D eigenvalue weighted by Crippen LogP contribution is -1.99. The van der Waals surface area contributed by atoms with Gasteiger partial charge in [0, 0.05) is 11.5 Å². The van der Waals surface area contributed by atoms with Gasteiger partial charge in [-0.25, -0.2) is 0 Å². The maximum Gasteiger partial charge on any atom is 0.277 e. The molecule has 0 aliphatic carbocycles. The highest BCUT2D eigenvalue weighted by Crippen LogP contribution is 2.32. The van der Waals surface area contributed by atoms with E-state index in [1.807, 2.05) is 12.1 Å². The van der Waals surface area contributed by atoms with Crippen molar-refractivity contribution in [1.29, 1.82) is 0 Å². The quantitative estimate of drug-likeness (QED) is 0.389. The Balaban J connectivity index is 2.44. The Morgan fingerprint density at radius 1 is 1.17 bits per heavy atom. The summed E-state index contributed by atoms with van der Waals surface area (Å²) in [6.45, 7) is 0.561. The number of hydrogen-bond donors (Lipinski definition) is 1. The first-order chi connectivity index (χ1) is 8.74. The molecule has 0 bridgehead atoms. The average Bonchev–Trinajstić information content (AvgIpc) is 2.38. The first kappa shape index (κ1) is 12.7. The Morgan fingerprint density at radius 2 is 1.89 bits per heavy atom. The van der Waals surface area contributed by atoms with E-state index < -0.39 is 0 Å². The van der Waals surface area contributed by atoms with Crippen molar-refractivity contribution in [2.24, 2.45) is 0 Å². The highest BCUT2D eigenvalue weighted by atomic mass is 32.1. The van der Waals surface area contributed by atoms with Crippen LogP contribution in [0.15, 0.2) is 36.4 Å². The number of benzene rings is 2. The third kappa shape index (κ3) is 2.56. The number of nitro groups is 1. The zero-order chi connectivity index (χ0) is 13.0. The van der Waals surface area contributed by atoms with Gasteiger partial charge >= 0.3 is 0 Å². The van der Waals surface area contributed by atoms with Crippen molar-refractivity contribution in [3.63, 3.8) is 0 Å². The Kier molecular flexibility index (Phi) is 4.04. The predicted octanol–water partition coefficient (Wildman–Crippen LogP) is 3.45. The minimum atomic E-state index is -0.375. The van der Waals surface area contributed by atoms with Crippen molar-refractivity contribution in [2.75, 3.05) is 12.4 Å². The number of rotatable bonds is 5. The van der Waals surface area contributed by atoms with Crippen molar-refractivity contribution in [3.05, 3.63) is 46.5 Å². The summed E-state index contributed by atoms with van der Waals surface area (Å²) in [5.74, 6) is 1.43. The Bertz CT molecular complexity index is 571. The molecule has 0 heterocycles. The standard InChI is InChI=1S/C13H13NO3S/c15-14(16)12-6-7-13(17-8-3-9-18)11-5-2-1-4-10(11)12/h1-2,4-7,18H,3,8-9H2. The fraction of sp³-hybridized carbons (Fsp3) is 0.231. The van der Waals surface area contributed by atoms with Crippen LogP contribution in [0.5, 0.6) is 5.75 Å². The molecule has 0 saturated carbocycles. The molecule has 2 aromatic carbocycles. The summed E-state index contributed by atoms with van der Waals surface area (Å²) < 4.78 is 5.62. The number of hydrogen-bond acceptors (Lipinski definition) is 4. The molecule has 0 aliphatic heterocycles. The molecule has 0 atom stereocenters. The lowest BCUT2D eigenvalue weighted by atomic mass is 10.1. The molecule has 0 amide bonds. The van der Waals surface area contributed by atoms with Gasteiger partial charge in [-0.05, 0) is 24.3 Å². The van der Waals surface area contributed by atoms with Crippen LogP contribution < -0.4 is 4.74 Å². The minimum Gasteiger partial charge on any atom is -0.493 e. The van der Waals surface area contributed by atoms with Crippen molar-refractivity contribution in [3.8, 4) is 5.75 Å². The lowest BCUT2D eigenvalue weighted by molar-refractivity contribution is -0.383. The molecule has 0 N–H and O–H groups in total. The summed E-state index contributed by atoms with van der Waals surface area (Å²) in [7, 11) is 0. The molecule has 4 nitrogen and oxygen atoms in total. The second-order valence-electron chi connectivity index (χ2n) is 3.81. The van der Waals surface area contributed by atoms with Crippen LogP contribution in [0.1, 0.15) is 6.42 Å². The molecular weight excluding hydrogens is 250 g/mol. The van der Waals surface area contributed by atoms with Crippen LogP contribution in [0.2, 0.25) is 0 Å². The third-order valence-electron chi connectivity index (χ3n) is 2.62. The van der Waals surface area contributed by atoms with Gasteiger partial charge in [0.05, 0.1) is 16.9 Å². The molecule has 18 heavy (non-hydrogen) atoms. The van der Waals surface area contributed by atoms with Crippen LogP contribution in [0.4, 0.5) is 5.69 Å². The van der Waals surface area contributed by atoms with Crippen LogP contribution in [0.3, 0.4) is 0 Å². The normalized spacial score (nSPS) is 10.5. The third-order valence-corrected chi connectivity index (χ3v) is 2.93. The molecule has 2 aromatic rings. The zero-order valence-corrected chi connectivity index (χ0v) is 10.6. The van der Waals surface area contributed by atoms with Crippen molar-refractivity contribution < 1.29 is 9.66 Å². The van der Waals surface area contributed by atoms with Gasteiger partial charge in [-0.3, -0.25) is 10.1 Å². The zero-order valence-electron chi connectivity index (χ0n) is 9.70. The van der Waals surface area contributed by atoms with E-state index >= 15 is 0 Å². The fourth-order valence-electron chi connectivity index (χ4n) is 1.79. The molecular formula is C13H13NO3S. The van der Waals surface area contributed by atoms with E-state index in [9.17, 15) is 10.1 Å². The van der Waals surface area contributed by atoms with E-state index in [4.69, 9.17) is 4.74 Å². The van der Waals surface area contributed by atoms with Crippen LogP contribution in [0.25, 0.3) is 10.8 Å². The van der Waals surface area contributed by atoms with E-state index in [1.54, 1.807) is 18.2 Å². The van der Waals surface area contributed by atoms with Gasteiger partial charge in [0.2, 0.25) is 0 Å². The highest BCUT2D eigenvalue weighted by molar-refractivity contribution is 7.80. The van der Waals surface area contributed by atoms with Gasteiger partial charge in [-0.2, -0.15) is 12.6 Å². The summed E-state index contributed by atoms with van der Waals surface area (Å²) in [6.07, 6.45) is 0.842. The van der Waals surface area contributed by atoms with Crippen LogP contribution in [0, 0.1) is 10.1 Å². The van der Waals surface area contributed by atoms with Gasteiger partial charge in [-0.15, -0.1) is 0 Å². The van der Waals surface area contributed by atoms with Gasteiger partial charge < -0.3 is 4.74 Å². The average molecular weight is 263 g/mol. The molecule has 94 valence electrons. The number of nitrogens with zero attached hydrogens (tertiary/aromatic N) is 1. The summed E-state index contributed by atoms with van der Waals surface area (Å²) in [5, 5.41) is 12.3. The Hall–Kier alpha value is -1.75. The molecule has 2 rings (SSSR count). The molecule has 0 saturated heterocycles. The molecule has 0 spiro atoms. The largest absolute Gasteiger partial charge is 0.493 e. The minimum absolute atomic E-state index is 0.104. The number of non-ortho nitro benzene ring substituents is 1.